The Bertz CT molecular complexity index is 1120. The van der Waals surface area contributed by atoms with Crippen molar-refractivity contribution in [3.05, 3.63) is 41.6 Å². The van der Waals surface area contributed by atoms with E-state index in [0.717, 1.165) is 55.2 Å². The van der Waals surface area contributed by atoms with Gasteiger partial charge in [0.1, 0.15) is 0 Å². The zero-order chi connectivity index (χ0) is 18.7. The third-order valence-corrected chi connectivity index (χ3v) is 6.02. The number of ether oxygens (including phenoxy) is 4. The maximum absolute atomic E-state index is 5.88. The van der Waals surface area contributed by atoms with Crippen molar-refractivity contribution >= 4 is 10.8 Å². The standard InChI is InChI=1S/C23H22NO4/c1-2-3-4-17-22-15(5-6-19-23(22)28-13-25-19)9-18-16-11-21-20(26-12-27-21)10-14(16)7-8-24(17)18/h5-6,9-11H,2-4,7-8,12-13H2,1H3/q+1. The van der Waals surface area contributed by atoms with Crippen LogP contribution in [0.25, 0.3) is 22.0 Å². The first-order valence-electron chi connectivity index (χ1n) is 10.0. The molecule has 3 aliphatic heterocycles. The Labute approximate surface area is 163 Å². The molecule has 0 saturated carbocycles. The van der Waals surface area contributed by atoms with Crippen molar-refractivity contribution in [2.45, 2.75) is 39.2 Å². The van der Waals surface area contributed by atoms with Crippen molar-refractivity contribution in [1.82, 2.24) is 0 Å². The first-order valence-corrected chi connectivity index (χ1v) is 10.0. The summed E-state index contributed by atoms with van der Waals surface area (Å²) in [5.74, 6) is 3.46. The molecule has 28 heavy (non-hydrogen) atoms. The largest absolute Gasteiger partial charge is 0.454 e. The molecule has 5 heteroatoms. The minimum Gasteiger partial charge on any atom is -0.454 e. The Morgan fingerprint density at radius 3 is 2.64 bits per heavy atom. The van der Waals surface area contributed by atoms with Gasteiger partial charge in [-0.25, -0.2) is 0 Å². The number of rotatable bonds is 3. The van der Waals surface area contributed by atoms with Crippen LogP contribution < -0.4 is 23.5 Å². The fourth-order valence-corrected chi connectivity index (χ4v) is 4.66. The molecule has 1 aromatic heterocycles. The highest BCUT2D eigenvalue weighted by Crippen LogP contribution is 2.44. The van der Waals surface area contributed by atoms with Crippen molar-refractivity contribution < 1.29 is 23.5 Å². The van der Waals surface area contributed by atoms with Gasteiger partial charge < -0.3 is 18.9 Å². The predicted octanol–water partition coefficient (Wildman–Crippen LogP) is 4.15. The summed E-state index contributed by atoms with van der Waals surface area (Å²) in [7, 11) is 0. The van der Waals surface area contributed by atoms with Crippen LogP contribution in [0.1, 0.15) is 31.0 Å². The summed E-state index contributed by atoms with van der Waals surface area (Å²) in [5, 5.41) is 2.41. The van der Waals surface area contributed by atoms with Gasteiger partial charge in [-0.3, -0.25) is 0 Å². The van der Waals surface area contributed by atoms with Crippen LogP contribution in [0, 0.1) is 0 Å². The monoisotopic (exact) mass is 376 g/mol. The highest BCUT2D eigenvalue weighted by molar-refractivity contribution is 5.94. The summed E-state index contributed by atoms with van der Waals surface area (Å²) >= 11 is 0. The van der Waals surface area contributed by atoms with Gasteiger partial charge in [-0.05, 0) is 41.6 Å². The molecule has 3 aliphatic rings. The van der Waals surface area contributed by atoms with Gasteiger partial charge in [-0.2, -0.15) is 4.57 Å². The van der Waals surface area contributed by atoms with Crippen LogP contribution in [0.3, 0.4) is 0 Å². The van der Waals surface area contributed by atoms with E-state index in [1.807, 2.05) is 6.07 Å². The van der Waals surface area contributed by atoms with Crippen LogP contribution in [-0.4, -0.2) is 13.6 Å². The molecule has 0 amide bonds. The summed E-state index contributed by atoms with van der Waals surface area (Å²) in [6.07, 6.45) is 4.33. The van der Waals surface area contributed by atoms with Crippen LogP contribution in [0.5, 0.6) is 23.0 Å². The van der Waals surface area contributed by atoms with Crippen LogP contribution in [0.2, 0.25) is 0 Å². The van der Waals surface area contributed by atoms with Crippen LogP contribution in [0.15, 0.2) is 30.3 Å². The van der Waals surface area contributed by atoms with Gasteiger partial charge in [0.15, 0.2) is 35.2 Å². The lowest BCUT2D eigenvalue weighted by atomic mass is 9.93. The van der Waals surface area contributed by atoms with E-state index in [-0.39, 0.29) is 0 Å². The number of pyridine rings is 1. The number of aromatic nitrogens is 1. The molecule has 3 aromatic rings. The predicted molar refractivity (Wildman–Crippen MR) is 104 cm³/mol. The quantitative estimate of drug-likeness (QED) is 0.644. The van der Waals surface area contributed by atoms with E-state index in [9.17, 15) is 0 Å². The third kappa shape index (κ3) is 2.22. The summed E-state index contributed by atoms with van der Waals surface area (Å²) in [6, 6.07) is 10.8. The van der Waals surface area contributed by atoms with E-state index >= 15 is 0 Å². The summed E-state index contributed by atoms with van der Waals surface area (Å²) in [5.41, 5.74) is 5.16. The van der Waals surface area contributed by atoms with Gasteiger partial charge in [0.25, 0.3) is 0 Å². The van der Waals surface area contributed by atoms with Crippen molar-refractivity contribution in [2.24, 2.45) is 0 Å². The van der Waals surface area contributed by atoms with Crippen molar-refractivity contribution in [3.8, 4) is 34.3 Å². The molecule has 2 aromatic carbocycles. The average molecular weight is 376 g/mol. The van der Waals surface area contributed by atoms with Gasteiger partial charge in [0.05, 0.1) is 10.9 Å². The van der Waals surface area contributed by atoms with Crippen LogP contribution >= 0.6 is 0 Å². The lowest BCUT2D eigenvalue weighted by Crippen LogP contribution is -2.44. The molecular formula is C23H22NO4+. The number of hydrogen-bond acceptors (Lipinski definition) is 4. The van der Waals surface area contributed by atoms with E-state index in [4.69, 9.17) is 18.9 Å². The molecule has 0 spiro atoms. The van der Waals surface area contributed by atoms with Gasteiger partial charge in [-0.1, -0.05) is 13.3 Å². The third-order valence-electron chi connectivity index (χ3n) is 6.02. The highest BCUT2D eigenvalue weighted by Gasteiger charge is 2.33. The number of unbranched alkanes of at least 4 members (excludes halogenated alkanes) is 1. The van der Waals surface area contributed by atoms with Gasteiger partial charge in [0.2, 0.25) is 19.3 Å². The van der Waals surface area contributed by atoms with Crippen molar-refractivity contribution in [1.29, 1.82) is 0 Å². The fraction of sp³-hybridized carbons (Fsp3) is 0.348. The first kappa shape index (κ1) is 16.0. The molecule has 0 atom stereocenters. The van der Waals surface area contributed by atoms with Gasteiger partial charge in [-0.15, -0.1) is 0 Å². The molecule has 0 radical (unpaired) electrons. The van der Waals surface area contributed by atoms with E-state index in [1.54, 1.807) is 0 Å². The normalized spacial score (nSPS) is 15.6. The number of nitrogens with zero attached hydrogens (tertiary/aromatic N) is 1. The molecule has 4 heterocycles. The minimum atomic E-state index is 0.301. The Morgan fingerprint density at radius 2 is 1.75 bits per heavy atom. The summed E-state index contributed by atoms with van der Waals surface area (Å²) in [4.78, 5) is 0. The molecule has 6 rings (SSSR count). The zero-order valence-corrected chi connectivity index (χ0v) is 15.9. The van der Waals surface area contributed by atoms with E-state index in [2.05, 4.69) is 35.8 Å². The first-order chi connectivity index (χ1) is 13.8. The fourth-order valence-electron chi connectivity index (χ4n) is 4.66. The maximum atomic E-state index is 5.88. The van der Waals surface area contributed by atoms with E-state index < -0.39 is 0 Å². The topological polar surface area (TPSA) is 40.8 Å². The second-order valence-corrected chi connectivity index (χ2v) is 7.61. The van der Waals surface area contributed by atoms with Gasteiger partial charge in [0, 0.05) is 18.9 Å². The van der Waals surface area contributed by atoms with Gasteiger partial charge >= 0.3 is 0 Å². The summed E-state index contributed by atoms with van der Waals surface area (Å²) in [6.45, 7) is 3.81. The van der Waals surface area contributed by atoms with Crippen molar-refractivity contribution in [3.63, 3.8) is 0 Å². The van der Waals surface area contributed by atoms with Crippen molar-refractivity contribution in [2.75, 3.05) is 13.6 Å². The maximum Gasteiger partial charge on any atom is 0.231 e. The molecule has 0 N–H and O–H groups in total. The van der Waals surface area contributed by atoms with Crippen LogP contribution in [0.4, 0.5) is 0 Å². The molecule has 0 unspecified atom stereocenters. The number of aryl methyl sites for hydroxylation is 2. The van der Waals surface area contributed by atoms with Crippen LogP contribution in [-0.2, 0) is 19.4 Å². The molecular weight excluding hydrogens is 354 g/mol. The molecule has 5 nitrogen and oxygen atoms in total. The zero-order valence-electron chi connectivity index (χ0n) is 15.9. The average Bonchev–Trinajstić information content (AvgIpc) is 3.38. The second kappa shape index (κ2) is 6.03. The Morgan fingerprint density at radius 1 is 0.929 bits per heavy atom. The Kier molecular flexibility index (Phi) is 3.45. The number of fused-ring (bicyclic) bond motifs is 7. The highest BCUT2D eigenvalue weighted by atomic mass is 16.7. The Balaban J connectivity index is 1.63. The second-order valence-electron chi connectivity index (χ2n) is 7.61. The minimum absolute atomic E-state index is 0.301. The Hall–Kier alpha value is -2.95. The SMILES string of the molecule is CCCCc1c2c3c(ccc2cc2[n+]1CCc1cc4c(cc1-2)OCO4)OCO3. The van der Waals surface area contributed by atoms with E-state index in [0.29, 0.717) is 13.6 Å². The van der Waals surface area contributed by atoms with E-state index in [1.165, 1.54) is 33.3 Å². The smallest absolute Gasteiger partial charge is 0.231 e. The molecule has 0 fully saturated rings. The molecule has 0 saturated heterocycles. The lowest BCUT2D eigenvalue weighted by molar-refractivity contribution is -0.693. The number of hydrogen-bond donors (Lipinski definition) is 0. The molecule has 0 aliphatic carbocycles. The lowest BCUT2D eigenvalue weighted by Gasteiger charge is -2.19. The molecule has 0 bridgehead atoms. The summed E-state index contributed by atoms with van der Waals surface area (Å²) < 4.78 is 25.3. The molecule has 142 valence electrons. The number of benzene rings is 2.